The molecular weight excluding hydrogens is 240 g/mol. The van der Waals surface area contributed by atoms with Gasteiger partial charge in [-0.2, -0.15) is 4.98 Å². The third kappa shape index (κ3) is 2.98. The summed E-state index contributed by atoms with van der Waals surface area (Å²) in [7, 11) is 0. The van der Waals surface area contributed by atoms with E-state index in [-0.39, 0.29) is 17.5 Å². The van der Waals surface area contributed by atoms with E-state index in [9.17, 15) is 0 Å². The summed E-state index contributed by atoms with van der Waals surface area (Å²) in [5.74, 6) is 1.81. The minimum Gasteiger partial charge on any atom is -0.338 e. The summed E-state index contributed by atoms with van der Waals surface area (Å²) in [6.45, 7) is 12.7. The predicted octanol–water partition coefficient (Wildman–Crippen LogP) is 2.31. The Morgan fingerprint density at radius 3 is 2.58 bits per heavy atom. The van der Waals surface area contributed by atoms with Crippen molar-refractivity contribution in [1.82, 2.24) is 15.0 Å². The van der Waals surface area contributed by atoms with Crippen molar-refractivity contribution in [2.24, 2.45) is 11.1 Å². The van der Waals surface area contributed by atoms with Crippen LogP contribution in [0.3, 0.4) is 0 Å². The van der Waals surface area contributed by atoms with Crippen molar-refractivity contribution in [1.29, 1.82) is 0 Å². The summed E-state index contributed by atoms with van der Waals surface area (Å²) in [5.41, 5.74) is 6.31. The van der Waals surface area contributed by atoms with Crippen LogP contribution in [-0.4, -0.2) is 34.2 Å². The van der Waals surface area contributed by atoms with E-state index in [2.05, 4.69) is 49.7 Å². The molecule has 1 aromatic heterocycles. The van der Waals surface area contributed by atoms with Crippen LogP contribution in [0.4, 0.5) is 0 Å². The van der Waals surface area contributed by atoms with Crippen LogP contribution in [0.25, 0.3) is 0 Å². The third-order valence-corrected chi connectivity index (χ3v) is 4.22. The van der Waals surface area contributed by atoms with Crippen LogP contribution in [0.1, 0.15) is 64.7 Å². The van der Waals surface area contributed by atoms with Gasteiger partial charge in [0.25, 0.3) is 0 Å². The Labute approximate surface area is 115 Å². The van der Waals surface area contributed by atoms with Gasteiger partial charge >= 0.3 is 0 Å². The average molecular weight is 266 g/mol. The van der Waals surface area contributed by atoms with Crippen molar-refractivity contribution in [3.63, 3.8) is 0 Å². The Bertz CT molecular complexity index is 427. The molecule has 1 aromatic rings. The van der Waals surface area contributed by atoms with Gasteiger partial charge in [-0.1, -0.05) is 32.9 Å². The molecular formula is C14H26N4O. The second-order valence-corrected chi connectivity index (χ2v) is 6.68. The highest BCUT2D eigenvalue weighted by molar-refractivity contribution is 4.98. The van der Waals surface area contributed by atoms with E-state index in [1.165, 1.54) is 0 Å². The summed E-state index contributed by atoms with van der Waals surface area (Å²) in [5, 5.41) is 4.05. The van der Waals surface area contributed by atoms with Gasteiger partial charge in [-0.05, 0) is 18.8 Å². The highest BCUT2D eigenvalue weighted by Gasteiger charge is 2.36. The smallest absolute Gasteiger partial charge is 0.243 e. The number of nitrogens with zero attached hydrogens (tertiary/aromatic N) is 3. The lowest BCUT2D eigenvalue weighted by atomic mass is 9.79. The Morgan fingerprint density at radius 1 is 1.37 bits per heavy atom. The SMILES string of the molecule is CC(C)c1noc(C(C)N2CCC(N)C(C)(C)C2)n1. The molecule has 2 unspecified atom stereocenters. The second-order valence-electron chi connectivity index (χ2n) is 6.68. The molecule has 1 aliphatic rings. The lowest BCUT2D eigenvalue weighted by Crippen LogP contribution is -2.52. The predicted molar refractivity (Wildman–Crippen MR) is 74.7 cm³/mol. The van der Waals surface area contributed by atoms with Crippen LogP contribution in [-0.2, 0) is 0 Å². The number of hydrogen-bond acceptors (Lipinski definition) is 5. The molecule has 0 saturated carbocycles. The van der Waals surface area contributed by atoms with Crippen molar-refractivity contribution in [3.8, 4) is 0 Å². The van der Waals surface area contributed by atoms with Gasteiger partial charge in [-0.25, -0.2) is 0 Å². The maximum absolute atomic E-state index is 6.18. The molecule has 2 atom stereocenters. The highest BCUT2D eigenvalue weighted by atomic mass is 16.5. The van der Waals surface area contributed by atoms with Crippen molar-refractivity contribution in [3.05, 3.63) is 11.7 Å². The molecule has 2 rings (SSSR count). The topological polar surface area (TPSA) is 68.2 Å². The van der Waals surface area contributed by atoms with E-state index in [1.54, 1.807) is 0 Å². The van der Waals surface area contributed by atoms with Gasteiger partial charge in [0.2, 0.25) is 5.89 Å². The zero-order chi connectivity index (χ0) is 14.2. The number of likely N-dealkylation sites (tertiary alicyclic amines) is 1. The average Bonchev–Trinajstić information content (AvgIpc) is 2.81. The molecule has 0 spiro atoms. The highest BCUT2D eigenvalue weighted by Crippen LogP contribution is 2.32. The summed E-state index contributed by atoms with van der Waals surface area (Å²) in [6.07, 6.45) is 1.02. The number of hydrogen-bond donors (Lipinski definition) is 1. The van der Waals surface area contributed by atoms with E-state index in [1.807, 2.05) is 0 Å². The summed E-state index contributed by atoms with van der Waals surface area (Å²) in [4.78, 5) is 6.89. The van der Waals surface area contributed by atoms with Gasteiger partial charge in [-0.3, -0.25) is 4.90 Å². The Hall–Kier alpha value is -0.940. The maximum Gasteiger partial charge on any atom is 0.243 e. The van der Waals surface area contributed by atoms with Crippen LogP contribution >= 0.6 is 0 Å². The first kappa shape index (κ1) is 14.5. The van der Waals surface area contributed by atoms with Gasteiger partial charge in [0.05, 0.1) is 6.04 Å². The molecule has 1 fully saturated rings. The van der Waals surface area contributed by atoms with Gasteiger partial charge in [-0.15, -0.1) is 0 Å². The number of piperidine rings is 1. The summed E-state index contributed by atoms with van der Waals surface area (Å²) < 4.78 is 5.40. The molecule has 108 valence electrons. The van der Waals surface area contributed by atoms with Crippen molar-refractivity contribution < 1.29 is 4.52 Å². The maximum atomic E-state index is 6.18. The molecule has 5 nitrogen and oxygen atoms in total. The molecule has 0 radical (unpaired) electrons. The Kier molecular flexibility index (Phi) is 3.97. The van der Waals surface area contributed by atoms with Gasteiger partial charge < -0.3 is 10.3 Å². The molecule has 2 heterocycles. The van der Waals surface area contributed by atoms with Gasteiger partial charge in [0, 0.05) is 25.0 Å². The number of rotatable bonds is 3. The monoisotopic (exact) mass is 266 g/mol. The van der Waals surface area contributed by atoms with Crippen molar-refractivity contribution >= 4 is 0 Å². The minimum atomic E-state index is 0.132. The number of nitrogens with two attached hydrogens (primary N) is 1. The first-order valence-corrected chi connectivity index (χ1v) is 7.14. The van der Waals surface area contributed by atoms with Gasteiger partial charge in [0.1, 0.15) is 0 Å². The molecule has 19 heavy (non-hydrogen) atoms. The van der Waals surface area contributed by atoms with E-state index in [0.29, 0.717) is 5.92 Å². The summed E-state index contributed by atoms with van der Waals surface area (Å²) in [6, 6.07) is 0.427. The van der Waals surface area contributed by atoms with E-state index in [4.69, 9.17) is 10.3 Å². The zero-order valence-corrected chi connectivity index (χ0v) is 12.7. The van der Waals surface area contributed by atoms with E-state index >= 15 is 0 Å². The lowest BCUT2D eigenvalue weighted by Gasteiger charge is -2.44. The largest absolute Gasteiger partial charge is 0.338 e. The van der Waals surface area contributed by atoms with Crippen molar-refractivity contribution in [2.45, 2.75) is 59.0 Å². The first-order chi connectivity index (χ1) is 8.81. The van der Waals surface area contributed by atoms with Crippen molar-refractivity contribution in [2.75, 3.05) is 13.1 Å². The van der Waals surface area contributed by atoms with Crippen LogP contribution in [0.15, 0.2) is 4.52 Å². The van der Waals surface area contributed by atoms with E-state index in [0.717, 1.165) is 31.2 Å². The van der Waals surface area contributed by atoms with Crippen LogP contribution < -0.4 is 5.73 Å². The fraction of sp³-hybridized carbons (Fsp3) is 0.857. The van der Waals surface area contributed by atoms with Crippen LogP contribution in [0.5, 0.6) is 0 Å². The fourth-order valence-electron chi connectivity index (χ4n) is 2.55. The van der Waals surface area contributed by atoms with E-state index < -0.39 is 0 Å². The van der Waals surface area contributed by atoms with Gasteiger partial charge in [0.15, 0.2) is 5.82 Å². The molecule has 5 heteroatoms. The quantitative estimate of drug-likeness (QED) is 0.909. The van der Waals surface area contributed by atoms with Crippen LogP contribution in [0, 0.1) is 5.41 Å². The number of aromatic nitrogens is 2. The molecule has 0 aromatic carbocycles. The fourth-order valence-corrected chi connectivity index (χ4v) is 2.55. The lowest BCUT2D eigenvalue weighted by molar-refractivity contribution is 0.0549. The standard InChI is InChI=1S/C14H26N4O/c1-9(2)12-16-13(19-17-12)10(3)18-7-6-11(15)14(4,5)8-18/h9-11H,6-8,15H2,1-5H3. The molecule has 0 bridgehead atoms. The van der Waals surface area contributed by atoms with Crippen LogP contribution in [0.2, 0.25) is 0 Å². The molecule has 1 aliphatic heterocycles. The Morgan fingerprint density at radius 2 is 2.05 bits per heavy atom. The first-order valence-electron chi connectivity index (χ1n) is 7.14. The Balaban J connectivity index is 2.09. The normalized spacial score (nSPS) is 25.7. The molecule has 0 aliphatic carbocycles. The zero-order valence-electron chi connectivity index (χ0n) is 12.7. The summed E-state index contributed by atoms with van der Waals surface area (Å²) >= 11 is 0. The molecule has 2 N–H and O–H groups in total. The molecule has 1 saturated heterocycles. The molecule has 0 amide bonds. The minimum absolute atomic E-state index is 0.132. The second kappa shape index (κ2) is 5.21. The third-order valence-electron chi connectivity index (χ3n) is 4.22.